The number of aldehydes is 1. The maximum atomic E-state index is 12.4. The van der Waals surface area contributed by atoms with E-state index in [1.165, 1.54) is 0 Å². The minimum absolute atomic E-state index is 0.0741. The summed E-state index contributed by atoms with van der Waals surface area (Å²) in [4.78, 5) is 14.0. The van der Waals surface area contributed by atoms with E-state index in [1.54, 1.807) is 0 Å². The lowest BCUT2D eigenvalue weighted by atomic mass is 10.1. The first-order chi connectivity index (χ1) is 6.61. The lowest BCUT2D eigenvalue weighted by Gasteiger charge is -2.08. The zero-order chi connectivity index (χ0) is 10.7. The molecule has 0 radical (unpaired) electrons. The van der Waals surface area contributed by atoms with Crippen molar-refractivity contribution in [3.63, 3.8) is 0 Å². The van der Waals surface area contributed by atoms with Gasteiger partial charge < -0.3 is 0 Å². The van der Waals surface area contributed by atoms with Crippen molar-refractivity contribution in [2.75, 3.05) is 0 Å². The third-order valence-electron chi connectivity index (χ3n) is 1.66. The van der Waals surface area contributed by atoms with Crippen LogP contribution < -0.4 is 0 Å². The highest BCUT2D eigenvalue weighted by atomic mass is 79.9. The van der Waals surface area contributed by atoms with Crippen molar-refractivity contribution < 1.29 is 13.6 Å². The summed E-state index contributed by atoms with van der Waals surface area (Å²) in [6.07, 6.45) is -1.19. The second-order valence-electron chi connectivity index (χ2n) is 2.44. The summed E-state index contributed by atoms with van der Waals surface area (Å²) < 4.78 is 25.1. The molecule has 76 valence electrons. The Bertz CT molecular complexity index is 359. The van der Waals surface area contributed by atoms with E-state index < -0.39 is 6.43 Å². The Morgan fingerprint density at radius 1 is 1.64 bits per heavy atom. The number of carbonyl (C=O) groups is 1. The molecular formula is C8H5BrClF2NO. The fourth-order valence-corrected chi connectivity index (χ4v) is 1.98. The van der Waals surface area contributed by atoms with E-state index in [-0.39, 0.29) is 27.2 Å². The first kappa shape index (κ1) is 11.5. The van der Waals surface area contributed by atoms with Gasteiger partial charge in [-0.3, -0.25) is 9.78 Å². The first-order valence-corrected chi connectivity index (χ1v) is 4.91. The van der Waals surface area contributed by atoms with Crippen LogP contribution in [0.25, 0.3) is 0 Å². The molecule has 0 bridgehead atoms. The molecule has 1 rings (SSSR count). The molecule has 0 saturated heterocycles. The number of hydrogen-bond donors (Lipinski definition) is 0. The molecule has 0 aliphatic carbocycles. The standard InChI is InChI=1S/C8H5BrClF2NO/c9-7-4(1-10)5(8(11)12)2-13-6(7)3-14/h2-3,8H,1H2. The Morgan fingerprint density at radius 2 is 2.29 bits per heavy atom. The van der Waals surface area contributed by atoms with Crippen molar-refractivity contribution >= 4 is 33.8 Å². The zero-order valence-corrected chi connectivity index (χ0v) is 9.15. The first-order valence-electron chi connectivity index (χ1n) is 3.58. The number of aromatic nitrogens is 1. The van der Waals surface area contributed by atoms with Crippen LogP contribution in [0, 0.1) is 0 Å². The number of carbonyl (C=O) groups excluding carboxylic acids is 1. The van der Waals surface area contributed by atoms with Crippen LogP contribution in [0.5, 0.6) is 0 Å². The fourth-order valence-electron chi connectivity index (χ4n) is 0.961. The Kier molecular flexibility index (Phi) is 3.95. The molecule has 1 aromatic rings. The summed E-state index contributed by atoms with van der Waals surface area (Å²) in [7, 11) is 0. The number of hydrogen-bond acceptors (Lipinski definition) is 2. The van der Waals surface area contributed by atoms with Crippen LogP contribution in [0.2, 0.25) is 0 Å². The average Bonchev–Trinajstić information content (AvgIpc) is 2.17. The van der Waals surface area contributed by atoms with Gasteiger partial charge in [-0.15, -0.1) is 11.6 Å². The van der Waals surface area contributed by atoms with Gasteiger partial charge in [0.1, 0.15) is 5.69 Å². The number of rotatable bonds is 3. The lowest BCUT2D eigenvalue weighted by molar-refractivity contribution is 0.111. The largest absolute Gasteiger partial charge is 0.296 e. The SMILES string of the molecule is O=Cc1ncc(C(F)F)c(CCl)c1Br. The summed E-state index contributed by atoms with van der Waals surface area (Å²) >= 11 is 8.51. The fraction of sp³-hybridized carbons (Fsp3) is 0.250. The number of nitrogens with zero attached hydrogens (tertiary/aromatic N) is 1. The highest BCUT2D eigenvalue weighted by molar-refractivity contribution is 9.10. The van der Waals surface area contributed by atoms with Crippen LogP contribution >= 0.6 is 27.5 Å². The second kappa shape index (κ2) is 4.79. The van der Waals surface area contributed by atoms with Crippen molar-refractivity contribution in [3.05, 3.63) is 27.5 Å². The van der Waals surface area contributed by atoms with Crippen LogP contribution in [0.15, 0.2) is 10.7 Å². The molecule has 2 nitrogen and oxygen atoms in total. The lowest BCUT2D eigenvalue weighted by Crippen LogP contribution is -2.00. The van der Waals surface area contributed by atoms with Crippen LogP contribution in [-0.2, 0) is 5.88 Å². The molecule has 0 fully saturated rings. The second-order valence-corrected chi connectivity index (χ2v) is 3.50. The quantitative estimate of drug-likeness (QED) is 0.629. The highest BCUT2D eigenvalue weighted by Gasteiger charge is 2.17. The van der Waals surface area contributed by atoms with Gasteiger partial charge in [0.25, 0.3) is 6.43 Å². The summed E-state index contributed by atoms with van der Waals surface area (Å²) in [6.45, 7) is 0. The Balaban J connectivity index is 3.35. The molecule has 0 aliphatic rings. The van der Waals surface area contributed by atoms with Gasteiger partial charge in [0.2, 0.25) is 0 Å². The van der Waals surface area contributed by atoms with Crippen molar-refractivity contribution in [2.24, 2.45) is 0 Å². The zero-order valence-electron chi connectivity index (χ0n) is 6.81. The molecule has 0 amide bonds. The minimum Gasteiger partial charge on any atom is -0.296 e. The molecule has 14 heavy (non-hydrogen) atoms. The smallest absolute Gasteiger partial charge is 0.265 e. The summed E-state index contributed by atoms with van der Waals surface area (Å²) in [6, 6.07) is 0. The van der Waals surface area contributed by atoms with Crippen molar-refractivity contribution in [1.29, 1.82) is 0 Å². The predicted molar refractivity (Wildman–Crippen MR) is 51.8 cm³/mol. The summed E-state index contributed by atoms with van der Waals surface area (Å²) in [5.74, 6) is -0.0936. The Hall–Kier alpha value is -0.550. The van der Waals surface area contributed by atoms with Gasteiger partial charge in [-0.1, -0.05) is 0 Å². The van der Waals surface area contributed by atoms with Gasteiger partial charge in [-0.2, -0.15) is 0 Å². The number of alkyl halides is 3. The van der Waals surface area contributed by atoms with Crippen LogP contribution in [0.4, 0.5) is 8.78 Å². The molecule has 0 spiro atoms. The van der Waals surface area contributed by atoms with Crippen molar-refractivity contribution in [3.8, 4) is 0 Å². The van der Waals surface area contributed by atoms with Gasteiger partial charge in [0, 0.05) is 17.6 Å². The van der Waals surface area contributed by atoms with Gasteiger partial charge >= 0.3 is 0 Å². The van der Waals surface area contributed by atoms with Crippen LogP contribution in [-0.4, -0.2) is 11.3 Å². The molecule has 0 saturated carbocycles. The predicted octanol–water partition coefficient (Wildman–Crippen LogP) is 3.33. The summed E-state index contributed by atoms with van der Waals surface area (Å²) in [5, 5.41) is 0. The molecular weight excluding hydrogens is 279 g/mol. The van der Waals surface area contributed by atoms with E-state index in [9.17, 15) is 13.6 Å². The topological polar surface area (TPSA) is 30.0 Å². The van der Waals surface area contributed by atoms with Crippen LogP contribution in [0.3, 0.4) is 0 Å². The molecule has 0 N–H and O–H groups in total. The van der Waals surface area contributed by atoms with Gasteiger partial charge in [0.05, 0.1) is 4.47 Å². The maximum Gasteiger partial charge on any atom is 0.265 e. The number of pyridine rings is 1. The maximum absolute atomic E-state index is 12.4. The molecule has 0 unspecified atom stereocenters. The van der Waals surface area contributed by atoms with Gasteiger partial charge in [-0.25, -0.2) is 8.78 Å². The molecule has 0 aromatic carbocycles. The van der Waals surface area contributed by atoms with E-state index >= 15 is 0 Å². The van der Waals surface area contributed by atoms with E-state index in [2.05, 4.69) is 20.9 Å². The molecule has 6 heteroatoms. The Labute approximate surface area is 92.4 Å². The Morgan fingerprint density at radius 3 is 2.71 bits per heavy atom. The normalized spacial score (nSPS) is 10.6. The minimum atomic E-state index is -2.65. The van der Waals surface area contributed by atoms with Crippen molar-refractivity contribution in [2.45, 2.75) is 12.3 Å². The van der Waals surface area contributed by atoms with Gasteiger partial charge in [-0.05, 0) is 21.5 Å². The highest BCUT2D eigenvalue weighted by Crippen LogP contribution is 2.30. The van der Waals surface area contributed by atoms with Gasteiger partial charge in [0.15, 0.2) is 6.29 Å². The van der Waals surface area contributed by atoms with E-state index in [4.69, 9.17) is 11.6 Å². The molecule has 0 aliphatic heterocycles. The summed E-state index contributed by atoms with van der Waals surface area (Å²) in [5.41, 5.74) is 0.0290. The third-order valence-corrected chi connectivity index (χ3v) is 2.81. The van der Waals surface area contributed by atoms with E-state index in [0.29, 0.717) is 6.29 Å². The average molecular weight is 284 g/mol. The molecule has 0 atom stereocenters. The molecule has 1 heterocycles. The van der Waals surface area contributed by atoms with E-state index in [0.717, 1.165) is 6.20 Å². The number of halogens is 4. The third kappa shape index (κ3) is 2.09. The van der Waals surface area contributed by atoms with E-state index in [1.807, 2.05) is 0 Å². The van der Waals surface area contributed by atoms with Crippen LogP contribution in [0.1, 0.15) is 28.0 Å². The monoisotopic (exact) mass is 283 g/mol. The molecule has 1 aromatic heterocycles. The van der Waals surface area contributed by atoms with Crippen molar-refractivity contribution in [1.82, 2.24) is 4.98 Å².